The Morgan fingerprint density at radius 2 is 1.69 bits per heavy atom. The van der Waals surface area contributed by atoms with Crippen molar-refractivity contribution in [3.63, 3.8) is 0 Å². The molecule has 6 nitrogen and oxygen atoms in total. The number of nitrogens with one attached hydrogen (secondary N) is 2. The molecule has 0 aliphatic heterocycles. The summed E-state index contributed by atoms with van der Waals surface area (Å²) >= 11 is 0. The normalized spacial score (nSPS) is 12.0. The van der Waals surface area contributed by atoms with Crippen molar-refractivity contribution >= 4 is 17.8 Å². The Balaban J connectivity index is 3.84. The number of aliphatic carboxylic acids is 1. The van der Waals surface area contributed by atoms with Crippen molar-refractivity contribution in [1.82, 2.24) is 10.6 Å². The number of rotatable bonds is 6. The zero-order chi connectivity index (χ0) is 12.7. The Morgan fingerprint density at radius 3 is 2.12 bits per heavy atom. The third kappa shape index (κ3) is 6.00. The fourth-order valence-electron chi connectivity index (χ4n) is 0.813. The molecule has 0 aromatic carbocycles. The summed E-state index contributed by atoms with van der Waals surface area (Å²) in [5.41, 5.74) is 0. The molecule has 6 heteroatoms. The second kappa shape index (κ2) is 6.81. The molecule has 3 N–H and O–H groups in total. The highest BCUT2D eigenvalue weighted by Crippen LogP contribution is 1.93. The lowest BCUT2D eigenvalue weighted by Crippen LogP contribution is -2.41. The number of amides is 2. The molecule has 0 spiro atoms. The van der Waals surface area contributed by atoms with Crippen LogP contribution >= 0.6 is 0 Å². The summed E-state index contributed by atoms with van der Waals surface area (Å²) < 4.78 is 0. The zero-order valence-corrected chi connectivity index (χ0v) is 9.74. The van der Waals surface area contributed by atoms with Crippen LogP contribution in [0.3, 0.4) is 0 Å². The Labute approximate surface area is 94.4 Å². The SMILES string of the molecule is CC(C)CNC(=O)CNC(=O)C(C)C(=O)O. The predicted molar refractivity (Wildman–Crippen MR) is 57.7 cm³/mol. The molecule has 2 amide bonds. The van der Waals surface area contributed by atoms with Gasteiger partial charge < -0.3 is 15.7 Å². The summed E-state index contributed by atoms with van der Waals surface area (Å²) in [4.78, 5) is 32.8. The summed E-state index contributed by atoms with van der Waals surface area (Å²) in [7, 11) is 0. The molecule has 0 rings (SSSR count). The van der Waals surface area contributed by atoms with Gasteiger partial charge in [0.15, 0.2) is 0 Å². The van der Waals surface area contributed by atoms with Crippen LogP contribution in [0.1, 0.15) is 20.8 Å². The van der Waals surface area contributed by atoms with Crippen molar-refractivity contribution in [3.8, 4) is 0 Å². The second-order valence-electron chi connectivity index (χ2n) is 3.98. The minimum atomic E-state index is -1.21. The Morgan fingerprint density at radius 1 is 1.12 bits per heavy atom. The Hall–Kier alpha value is -1.59. The fraction of sp³-hybridized carbons (Fsp3) is 0.700. The first-order valence-corrected chi connectivity index (χ1v) is 5.11. The van der Waals surface area contributed by atoms with E-state index in [1.54, 1.807) is 0 Å². The van der Waals surface area contributed by atoms with Crippen molar-refractivity contribution in [2.24, 2.45) is 11.8 Å². The number of hydrogen-bond donors (Lipinski definition) is 3. The molecule has 0 aliphatic rings. The number of carboxylic acid groups (broad SMARTS) is 1. The van der Waals surface area contributed by atoms with E-state index >= 15 is 0 Å². The molecule has 0 fully saturated rings. The van der Waals surface area contributed by atoms with Crippen molar-refractivity contribution in [2.45, 2.75) is 20.8 Å². The van der Waals surface area contributed by atoms with Gasteiger partial charge in [-0.3, -0.25) is 14.4 Å². The van der Waals surface area contributed by atoms with E-state index in [1.165, 1.54) is 6.92 Å². The molecule has 0 radical (unpaired) electrons. The standard InChI is InChI=1S/C10H18N2O4/c1-6(2)4-11-8(13)5-12-9(14)7(3)10(15)16/h6-7H,4-5H2,1-3H3,(H,11,13)(H,12,14)(H,15,16). The molecule has 0 aliphatic carbocycles. The minimum Gasteiger partial charge on any atom is -0.481 e. The van der Waals surface area contributed by atoms with Crippen LogP contribution in [-0.4, -0.2) is 36.0 Å². The number of carboxylic acids is 1. The molecule has 0 saturated heterocycles. The highest BCUT2D eigenvalue weighted by molar-refractivity contribution is 5.97. The van der Waals surface area contributed by atoms with Gasteiger partial charge in [-0.2, -0.15) is 0 Å². The molecule has 1 unspecified atom stereocenters. The van der Waals surface area contributed by atoms with E-state index < -0.39 is 17.8 Å². The lowest BCUT2D eigenvalue weighted by Gasteiger charge is -2.10. The van der Waals surface area contributed by atoms with Gasteiger partial charge in [-0.25, -0.2) is 0 Å². The van der Waals surface area contributed by atoms with E-state index in [2.05, 4.69) is 10.6 Å². The van der Waals surface area contributed by atoms with E-state index in [1.807, 2.05) is 13.8 Å². The first-order chi connectivity index (χ1) is 7.34. The quantitative estimate of drug-likeness (QED) is 0.541. The molecular weight excluding hydrogens is 212 g/mol. The maximum absolute atomic E-state index is 11.2. The zero-order valence-electron chi connectivity index (χ0n) is 9.74. The van der Waals surface area contributed by atoms with Crippen molar-refractivity contribution in [1.29, 1.82) is 0 Å². The number of hydrogen-bond acceptors (Lipinski definition) is 3. The molecule has 0 aromatic rings. The first kappa shape index (κ1) is 14.4. The van der Waals surface area contributed by atoms with E-state index in [-0.39, 0.29) is 12.5 Å². The third-order valence-electron chi connectivity index (χ3n) is 1.89. The molecule has 16 heavy (non-hydrogen) atoms. The average molecular weight is 230 g/mol. The highest BCUT2D eigenvalue weighted by atomic mass is 16.4. The summed E-state index contributed by atoms with van der Waals surface area (Å²) in [5.74, 6) is -3.00. The van der Waals surface area contributed by atoms with Crippen molar-refractivity contribution in [3.05, 3.63) is 0 Å². The van der Waals surface area contributed by atoms with Gasteiger partial charge in [-0.1, -0.05) is 13.8 Å². The topological polar surface area (TPSA) is 95.5 Å². The molecule has 1 atom stereocenters. The summed E-state index contributed by atoms with van der Waals surface area (Å²) in [6, 6.07) is 0. The molecule has 0 heterocycles. The Bertz CT molecular complexity index is 276. The van der Waals surface area contributed by atoms with Crippen LogP contribution in [0, 0.1) is 11.8 Å². The van der Waals surface area contributed by atoms with Gasteiger partial charge in [0.1, 0.15) is 5.92 Å². The van der Waals surface area contributed by atoms with Crippen molar-refractivity contribution < 1.29 is 19.5 Å². The first-order valence-electron chi connectivity index (χ1n) is 5.11. The number of carbonyl (C=O) groups excluding carboxylic acids is 2. The Kier molecular flexibility index (Phi) is 6.14. The van der Waals surface area contributed by atoms with Gasteiger partial charge in [0, 0.05) is 6.54 Å². The smallest absolute Gasteiger partial charge is 0.315 e. The van der Waals surface area contributed by atoms with E-state index in [9.17, 15) is 14.4 Å². The molecular formula is C10H18N2O4. The van der Waals surface area contributed by atoms with Crippen LogP contribution in [0.5, 0.6) is 0 Å². The van der Waals surface area contributed by atoms with Gasteiger partial charge in [0.25, 0.3) is 0 Å². The molecule has 0 aromatic heterocycles. The maximum atomic E-state index is 11.2. The fourth-order valence-corrected chi connectivity index (χ4v) is 0.813. The van der Waals surface area contributed by atoms with Crippen LogP contribution in [-0.2, 0) is 14.4 Å². The maximum Gasteiger partial charge on any atom is 0.315 e. The largest absolute Gasteiger partial charge is 0.481 e. The van der Waals surface area contributed by atoms with Crippen LogP contribution in [0.25, 0.3) is 0 Å². The van der Waals surface area contributed by atoms with E-state index in [4.69, 9.17) is 5.11 Å². The predicted octanol–water partition coefficient (Wildman–Crippen LogP) is -0.404. The van der Waals surface area contributed by atoms with E-state index in [0.29, 0.717) is 12.5 Å². The van der Waals surface area contributed by atoms with Crippen molar-refractivity contribution in [2.75, 3.05) is 13.1 Å². The lowest BCUT2D eigenvalue weighted by atomic mass is 10.2. The average Bonchev–Trinajstić information content (AvgIpc) is 2.21. The van der Waals surface area contributed by atoms with Crippen LogP contribution in [0.15, 0.2) is 0 Å². The monoisotopic (exact) mass is 230 g/mol. The minimum absolute atomic E-state index is 0.191. The van der Waals surface area contributed by atoms with Gasteiger partial charge in [0.2, 0.25) is 11.8 Å². The highest BCUT2D eigenvalue weighted by Gasteiger charge is 2.20. The van der Waals surface area contributed by atoms with Gasteiger partial charge in [-0.15, -0.1) is 0 Å². The van der Waals surface area contributed by atoms with Gasteiger partial charge in [-0.05, 0) is 12.8 Å². The number of carbonyl (C=O) groups is 3. The third-order valence-corrected chi connectivity index (χ3v) is 1.89. The summed E-state index contributed by atoms with van der Waals surface area (Å²) in [5, 5.41) is 13.4. The van der Waals surface area contributed by atoms with Crippen LogP contribution in [0.2, 0.25) is 0 Å². The summed E-state index contributed by atoms with van der Waals surface area (Å²) in [6.07, 6.45) is 0. The van der Waals surface area contributed by atoms with Gasteiger partial charge >= 0.3 is 5.97 Å². The molecule has 0 bridgehead atoms. The van der Waals surface area contributed by atoms with Gasteiger partial charge in [0.05, 0.1) is 6.54 Å². The van der Waals surface area contributed by atoms with Crippen LogP contribution in [0.4, 0.5) is 0 Å². The van der Waals surface area contributed by atoms with E-state index in [0.717, 1.165) is 0 Å². The summed E-state index contributed by atoms with van der Waals surface area (Å²) in [6.45, 7) is 5.51. The van der Waals surface area contributed by atoms with Crippen LogP contribution < -0.4 is 10.6 Å². The second-order valence-corrected chi connectivity index (χ2v) is 3.98. The molecule has 0 saturated carbocycles. The molecule has 92 valence electrons. The lowest BCUT2D eigenvalue weighted by molar-refractivity contribution is -0.146.